The monoisotopic (exact) mass is 700 g/mol. The number of hydrogen-bond acceptors (Lipinski definition) is 9. The lowest BCUT2D eigenvalue weighted by molar-refractivity contribution is -0.302. The van der Waals surface area contributed by atoms with Gasteiger partial charge in [0.2, 0.25) is 5.91 Å². The van der Waals surface area contributed by atoms with E-state index in [4.69, 9.17) is 9.47 Å². The third-order valence-corrected chi connectivity index (χ3v) is 9.39. The zero-order valence-electron chi connectivity index (χ0n) is 30.8. The molecule has 0 aliphatic carbocycles. The molecular formula is C39H73NO9. The van der Waals surface area contributed by atoms with Gasteiger partial charge in [-0.1, -0.05) is 147 Å². The second kappa shape index (κ2) is 30.3. The Bertz CT molecular complexity index is 839. The van der Waals surface area contributed by atoms with E-state index in [1.165, 1.54) is 89.9 Å². The number of aliphatic hydroxyl groups excluding tert-OH is 6. The molecule has 1 fully saturated rings. The highest BCUT2D eigenvalue weighted by atomic mass is 16.7. The Labute approximate surface area is 297 Å². The average Bonchev–Trinajstić information content (AvgIpc) is 3.10. The minimum absolute atomic E-state index is 0.304. The first-order valence-electron chi connectivity index (χ1n) is 19.7. The number of nitrogens with one attached hydrogen (secondary N) is 1. The van der Waals surface area contributed by atoms with Crippen LogP contribution < -0.4 is 5.32 Å². The van der Waals surface area contributed by atoms with Crippen LogP contribution in [0.4, 0.5) is 0 Å². The summed E-state index contributed by atoms with van der Waals surface area (Å²) in [4.78, 5) is 12.9. The first-order valence-corrected chi connectivity index (χ1v) is 19.7. The Morgan fingerprint density at radius 1 is 0.694 bits per heavy atom. The highest BCUT2D eigenvalue weighted by Crippen LogP contribution is 2.22. The van der Waals surface area contributed by atoms with Gasteiger partial charge in [-0.3, -0.25) is 4.79 Å². The van der Waals surface area contributed by atoms with E-state index >= 15 is 0 Å². The molecule has 8 unspecified atom stereocenters. The molecule has 8 atom stereocenters. The van der Waals surface area contributed by atoms with Gasteiger partial charge in [0.25, 0.3) is 0 Å². The number of aliphatic hydroxyl groups is 6. The van der Waals surface area contributed by atoms with Crippen molar-refractivity contribution in [2.45, 2.75) is 204 Å². The van der Waals surface area contributed by atoms with E-state index < -0.39 is 61.5 Å². The van der Waals surface area contributed by atoms with Crippen molar-refractivity contribution >= 4 is 5.91 Å². The van der Waals surface area contributed by atoms with Gasteiger partial charge >= 0.3 is 0 Å². The van der Waals surface area contributed by atoms with Crippen LogP contribution in [0.25, 0.3) is 0 Å². The SMILES string of the molecule is CCCCCCCCCCCC/C=C/CC/C=C/C(O)C(COC1OC(CO)C(O)C(O)C1O)NC(=O)C(O)CCCCCCCCCC. The summed E-state index contributed by atoms with van der Waals surface area (Å²) < 4.78 is 11.1. The number of unbranched alkanes of at least 4 members (excludes halogenated alkanes) is 18. The maximum absolute atomic E-state index is 12.9. The number of hydrogen-bond donors (Lipinski definition) is 7. The third kappa shape index (κ3) is 21.6. The summed E-state index contributed by atoms with van der Waals surface area (Å²) in [5.74, 6) is -0.632. The van der Waals surface area contributed by atoms with Crippen molar-refractivity contribution in [1.29, 1.82) is 0 Å². The molecule has 0 radical (unpaired) electrons. The minimum atomic E-state index is -1.61. The summed E-state index contributed by atoms with van der Waals surface area (Å²) in [7, 11) is 0. The van der Waals surface area contributed by atoms with Crippen LogP contribution in [0.5, 0.6) is 0 Å². The molecule has 0 saturated carbocycles. The fraction of sp³-hybridized carbons (Fsp3) is 0.872. The lowest BCUT2D eigenvalue weighted by Gasteiger charge is -2.40. The van der Waals surface area contributed by atoms with Crippen molar-refractivity contribution in [2.75, 3.05) is 13.2 Å². The molecule has 1 saturated heterocycles. The van der Waals surface area contributed by atoms with E-state index in [2.05, 4.69) is 31.3 Å². The second-order valence-corrected chi connectivity index (χ2v) is 13.9. The van der Waals surface area contributed by atoms with Crippen LogP contribution >= 0.6 is 0 Å². The Balaban J connectivity index is 2.53. The van der Waals surface area contributed by atoms with Gasteiger partial charge in [0, 0.05) is 0 Å². The van der Waals surface area contributed by atoms with E-state index in [9.17, 15) is 35.4 Å². The van der Waals surface area contributed by atoms with E-state index in [-0.39, 0.29) is 6.61 Å². The summed E-state index contributed by atoms with van der Waals surface area (Å²) in [5.41, 5.74) is 0. The lowest BCUT2D eigenvalue weighted by Crippen LogP contribution is -2.60. The molecule has 0 bridgehead atoms. The topological polar surface area (TPSA) is 169 Å². The summed E-state index contributed by atoms with van der Waals surface area (Å²) in [5, 5.41) is 64.1. The largest absolute Gasteiger partial charge is 0.394 e. The van der Waals surface area contributed by atoms with Crippen LogP contribution in [0.2, 0.25) is 0 Å². The third-order valence-electron chi connectivity index (χ3n) is 9.39. The molecule has 10 nitrogen and oxygen atoms in total. The number of carbonyl (C=O) groups excluding carboxylic acids is 1. The molecule has 1 amide bonds. The number of carbonyl (C=O) groups is 1. The molecule has 288 valence electrons. The van der Waals surface area contributed by atoms with Crippen molar-refractivity contribution in [1.82, 2.24) is 5.32 Å². The van der Waals surface area contributed by atoms with Crippen molar-refractivity contribution in [2.24, 2.45) is 0 Å². The fourth-order valence-electron chi connectivity index (χ4n) is 6.06. The van der Waals surface area contributed by atoms with Crippen molar-refractivity contribution in [3.63, 3.8) is 0 Å². The molecule has 1 heterocycles. The first-order chi connectivity index (χ1) is 23.8. The van der Waals surface area contributed by atoms with E-state index in [1.807, 2.05) is 6.08 Å². The zero-order valence-corrected chi connectivity index (χ0v) is 30.8. The van der Waals surface area contributed by atoms with Gasteiger partial charge in [0.05, 0.1) is 25.4 Å². The molecular weight excluding hydrogens is 626 g/mol. The van der Waals surface area contributed by atoms with Crippen LogP contribution in [-0.4, -0.2) is 98.7 Å². The van der Waals surface area contributed by atoms with Crippen molar-refractivity contribution < 1.29 is 44.9 Å². The van der Waals surface area contributed by atoms with Gasteiger partial charge in [-0.25, -0.2) is 0 Å². The molecule has 7 N–H and O–H groups in total. The molecule has 0 aromatic heterocycles. The minimum Gasteiger partial charge on any atom is -0.394 e. The molecule has 1 aliphatic rings. The fourth-order valence-corrected chi connectivity index (χ4v) is 6.06. The smallest absolute Gasteiger partial charge is 0.249 e. The van der Waals surface area contributed by atoms with Crippen molar-refractivity contribution in [3.05, 3.63) is 24.3 Å². The number of allylic oxidation sites excluding steroid dienone is 3. The maximum Gasteiger partial charge on any atom is 0.249 e. The number of rotatable bonds is 31. The summed E-state index contributed by atoms with van der Waals surface area (Å²) in [6, 6.07) is -0.990. The van der Waals surface area contributed by atoms with Gasteiger partial charge in [-0.2, -0.15) is 0 Å². The first kappa shape index (κ1) is 45.7. The van der Waals surface area contributed by atoms with E-state index in [1.54, 1.807) is 6.08 Å². The zero-order chi connectivity index (χ0) is 36.1. The van der Waals surface area contributed by atoms with Gasteiger partial charge < -0.3 is 45.4 Å². The van der Waals surface area contributed by atoms with Gasteiger partial charge in [0.15, 0.2) is 6.29 Å². The predicted octanol–water partition coefficient (Wildman–Crippen LogP) is 5.74. The second-order valence-electron chi connectivity index (χ2n) is 13.9. The summed E-state index contributed by atoms with van der Waals surface area (Å²) >= 11 is 0. The van der Waals surface area contributed by atoms with Gasteiger partial charge in [-0.05, 0) is 32.1 Å². The van der Waals surface area contributed by atoms with E-state index in [0.29, 0.717) is 19.3 Å². The van der Waals surface area contributed by atoms with Gasteiger partial charge in [-0.15, -0.1) is 0 Å². The molecule has 0 aromatic carbocycles. The van der Waals surface area contributed by atoms with Crippen molar-refractivity contribution in [3.8, 4) is 0 Å². The molecule has 10 heteroatoms. The Hall–Kier alpha value is -1.37. The van der Waals surface area contributed by atoms with Crippen LogP contribution in [0.3, 0.4) is 0 Å². The summed E-state index contributed by atoms with van der Waals surface area (Å²) in [6.45, 7) is 3.52. The van der Waals surface area contributed by atoms with Crippen LogP contribution in [0.1, 0.15) is 155 Å². The summed E-state index contributed by atoms with van der Waals surface area (Å²) in [6.07, 6.45) is 22.9. The van der Waals surface area contributed by atoms with Crippen LogP contribution in [0.15, 0.2) is 24.3 Å². The maximum atomic E-state index is 12.9. The quantitative estimate of drug-likeness (QED) is 0.0352. The molecule has 1 rings (SSSR count). The standard InChI is InChI=1S/C39H73NO9/c1-3-5-7-9-11-13-14-15-16-17-18-19-20-22-23-25-27-32(42)31(30-48-39-37(46)36(45)35(44)34(29-41)49-39)40-38(47)33(43)28-26-24-21-12-10-8-6-4-2/h19-20,25,27,31-37,39,41-46H,3-18,21-24,26,28-30H2,1-2H3,(H,40,47)/b20-19+,27-25+. The predicted molar refractivity (Wildman–Crippen MR) is 195 cm³/mol. The Morgan fingerprint density at radius 2 is 1.20 bits per heavy atom. The average molecular weight is 700 g/mol. The van der Waals surface area contributed by atoms with Crippen LogP contribution in [0, 0.1) is 0 Å². The molecule has 49 heavy (non-hydrogen) atoms. The Kier molecular flexibility index (Phi) is 28.2. The number of amides is 1. The van der Waals surface area contributed by atoms with E-state index in [0.717, 1.165) is 32.1 Å². The molecule has 0 aromatic rings. The lowest BCUT2D eigenvalue weighted by atomic mass is 9.99. The number of ether oxygens (including phenoxy) is 2. The molecule has 1 aliphatic heterocycles. The molecule has 0 spiro atoms. The Morgan fingerprint density at radius 3 is 1.78 bits per heavy atom. The highest BCUT2D eigenvalue weighted by Gasteiger charge is 2.44. The highest BCUT2D eigenvalue weighted by molar-refractivity contribution is 5.80. The van der Waals surface area contributed by atoms with Crippen LogP contribution in [-0.2, 0) is 14.3 Å². The normalized spacial score (nSPS) is 23.3. The van der Waals surface area contributed by atoms with Gasteiger partial charge in [0.1, 0.15) is 30.5 Å².